The molecule has 0 radical (unpaired) electrons. The summed E-state index contributed by atoms with van der Waals surface area (Å²) in [6, 6.07) is 5.63. The van der Waals surface area contributed by atoms with Crippen LogP contribution in [-0.4, -0.2) is 14.7 Å². The predicted molar refractivity (Wildman–Crippen MR) is 50.0 cm³/mol. The van der Waals surface area contributed by atoms with Gasteiger partial charge in [0.1, 0.15) is 5.75 Å². The highest BCUT2D eigenvalue weighted by atomic mass is 16.3. The molecule has 0 aliphatic carbocycles. The van der Waals surface area contributed by atoms with E-state index in [2.05, 4.69) is 4.98 Å². The van der Waals surface area contributed by atoms with Crippen molar-refractivity contribution in [2.45, 2.75) is 6.92 Å². The summed E-state index contributed by atoms with van der Waals surface area (Å²) in [6.45, 7) is 1.87. The zero-order valence-corrected chi connectivity index (χ0v) is 7.31. The van der Waals surface area contributed by atoms with Gasteiger partial charge in [-0.15, -0.1) is 0 Å². The van der Waals surface area contributed by atoms with E-state index in [0.29, 0.717) is 5.75 Å². The molecular weight excluding hydrogens is 164 g/mol. The minimum Gasteiger partial charge on any atom is -0.505 e. The summed E-state index contributed by atoms with van der Waals surface area (Å²) in [5.41, 5.74) is 1.63. The molecule has 1 aromatic heterocycles. The molecule has 0 spiro atoms. The Kier molecular flexibility index (Phi) is 1.77. The van der Waals surface area contributed by atoms with E-state index in [0.717, 1.165) is 11.3 Å². The van der Waals surface area contributed by atoms with E-state index in [1.54, 1.807) is 23.3 Å². The van der Waals surface area contributed by atoms with Crippen LogP contribution in [-0.2, 0) is 0 Å². The summed E-state index contributed by atoms with van der Waals surface area (Å²) in [7, 11) is 0. The van der Waals surface area contributed by atoms with Gasteiger partial charge in [-0.3, -0.25) is 0 Å². The SMILES string of the molecule is Cc1cccc(-n2ccnc2)c1O. The van der Waals surface area contributed by atoms with Crippen LogP contribution >= 0.6 is 0 Å². The normalized spacial score (nSPS) is 10.2. The van der Waals surface area contributed by atoms with Gasteiger partial charge in [0.2, 0.25) is 0 Å². The van der Waals surface area contributed by atoms with Crippen molar-refractivity contribution in [1.29, 1.82) is 0 Å². The van der Waals surface area contributed by atoms with E-state index in [4.69, 9.17) is 0 Å². The van der Waals surface area contributed by atoms with Crippen molar-refractivity contribution in [3.05, 3.63) is 42.5 Å². The molecule has 0 saturated carbocycles. The number of imidazole rings is 1. The third-order valence-corrected chi connectivity index (χ3v) is 2.00. The molecule has 66 valence electrons. The molecule has 3 nitrogen and oxygen atoms in total. The van der Waals surface area contributed by atoms with Crippen molar-refractivity contribution < 1.29 is 5.11 Å². The van der Waals surface area contributed by atoms with Crippen LogP contribution in [0.4, 0.5) is 0 Å². The standard InChI is InChI=1S/C10H10N2O/c1-8-3-2-4-9(10(8)13)12-6-5-11-7-12/h2-7,13H,1H3. The Morgan fingerprint density at radius 1 is 1.38 bits per heavy atom. The highest BCUT2D eigenvalue weighted by Gasteiger charge is 2.03. The number of rotatable bonds is 1. The minimum absolute atomic E-state index is 0.306. The van der Waals surface area contributed by atoms with Crippen molar-refractivity contribution in [3.8, 4) is 11.4 Å². The van der Waals surface area contributed by atoms with Crippen LogP contribution in [0.25, 0.3) is 5.69 Å². The molecule has 3 heteroatoms. The van der Waals surface area contributed by atoms with Crippen molar-refractivity contribution >= 4 is 0 Å². The highest BCUT2D eigenvalue weighted by molar-refractivity contribution is 5.50. The number of phenols is 1. The quantitative estimate of drug-likeness (QED) is 0.716. The van der Waals surface area contributed by atoms with Crippen LogP contribution in [0, 0.1) is 6.92 Å². The Bertz CT molecular complexity index is 407. The second kappa shape index (κ2) is 2.94. The van der Waals surface area contributed by atoms with Gasteiger partial charge in [0.05, 0.1) is 12.0 Å². The molecule has 0 saturated heterocycles. The Hall–Kier alpha value is -1.77. The van der Waals surface area contributed by atoms with Gasteiger partial charge in [-0.1, -0.05) is 12.1 Å². The number of aryl methyl sites for hydroxylation is 1. The van der Waals surface area contributed by atoms with Crippen molar-refractivity contribution in [3.63, 3.8) is 0 Å². The monoisotopic (exact) mass is 174 g/mol. The van der Waals surface area contributed by atoms with Gasteiger partial charge in [-0.2, -0.15) is 0 Å². The van der Waals surface area contributed by atoms with E-state index in [1.807, 2.05) is 25.1 Å². The van der Waals surface area contributed by atoms with Gasteiger partial charge in [-0.05, 0) is 18.6 Å². The molecule has 13 heavy (non-hydrogen) atoms. The number of aromatic hydroxyl groups is 1. The van der Waals surface area contributed by atoms with E-state index in [-0.39, 0.29) is 0 Å². The maximum absolute atomic E-state index is 9.72. The lowest BCUT2D eigenvalue weighted by Crippen LogP contribution is -1.91. The summed E-state index contributed by atoms with van der Waals surface area (Å²) < 4.78 is 1.78. The van der Waals surface area contributed by atoms with Crippen molar-refractivity contribution in [2.24, 2.45) is 0 Å². The largest absolute Gasteiger partial charge is 0.505 e. The lowest BCUT2D eigenvalue weighted by Gasteiger charge is -2.06. The maximum Gasteiger partial charge on any atom is 0.142 e. The average molecular weight is 174 g/mol. The molecule has 0 aliphatic rings. The van der Waals surface area contributed by atoms with Gasteiger partial charge in [-0.25, -0.2) is 4.98 Å². The Labute approximate surface area is 76.3 Å². The number of hydrogen-bond acceptors (Lipinski definition) is 2. The summed E-state index contributed by atoms with van der Waals surface area (Å²) >= 11 is 0. The molecule has 0 unspecified atom stereocenters. The van der Waals surface area contributed by atoms with Gasteiger partial charge in [0, 0.05) is 12.4 Å². The first-order valence-corrected chi connectivity index (χ1v) is 4.06. The molecule has 0 aliphatic heterocycles. The van der Waals surface area contributed by atoms with Crippen LogP contribution in [0.1, 0.15) is 5.56 Å². The highest BCUT2D eigenvalue weighted by Crippen LogP contribution is 2.24. The first kappa shape index (κ1) is 7.86. The topological polar surface area (TPSA) is 38.0 Å². The predicted octanol–water partition coefficient (Wildman–Crippen LogP) is 1.89. The number of nitrogens with zero attached hydrogens (tertiary/aromatic N) is 2. The van der Waals surface area contributed by atoms with Gasteiger partial charge < -0.3 is 9.67 Å². The van der Waals surface area contributed by atoms with Crippen molar-refractivity contribution in [1.82, 2.24) is 9.55 Å². The molecule has 1 N–H and O–H groups in total. The second-order valence-corrected chi connectivity index (χ2v) is 2.91. The summed E-state index contributed by atoms with van der Waals surface area (Å²) in [4.78, 5) is 3.92. The maximum atomic E-state index is 9.72. The number of hydrogen-bond donors (Lipinski definition) is 1. The first-order chi connectivity index (χ1) is 6.29. The Balaban J connectivity index is 2.59. The number of aromatic nitrogens is 2. The number of benzene rings is 1. The van der Waals surface area contributed by atoms with Crippen LogP contribution in [0.3, 0.4) is 0 Å². The Morgan fingerprint density at radius 2 is 2.23 bits per heavy atom. The van der Waals surface area contributed by atoms with E-state index >= 15 is 0 Å². The van der Waals surface area contributed by atoms with E-state index in [9.17, 15) is 5.11 Å². The van der Waals surface area contributed by atoms with Gasteiger partial charge in [0.15, 0.2) is 0 Å². The zero-order valence-electron chi connectivity index (χ0n) is 7.31. The van der Waals surface area contributed by atoms with Crippen molar-refractivity contribution in [2.75, 3.05) is 0 Å². The average Bonchev–Trinajstić information content (AvgIpc) is 2.62. The molecule has 0 atom stereocenters. The molecule has 0 bridgehead atoms. The second-order valence-electron chi connectivity index (χ2n) is 2.91. The van der Waals surface area contributed by atoms with Crippen LogP contribution in [0.15, 0.2) is 36.9 Å². The number of para-hydroxylation sites is 1. The van der Waals surface area contributed by atoms with E-state index in [1.165, 1.54) is 0 Å². The first-order valence-electron chi connectivity index (χ1n) is 4.06. The lowest BCUT2D eigenvalue weighted by atomic mass is 10.2. The van der Waals surface area contributed by atoms with Crippen LogP contribution in [0.2, 0.25) is 0 Å². The molecular formula is C10H10N2O. The molecule has 1 heterocycles. The summed E-state index contributed by atoms with van der Waals surface area (Å²) in [5.74, 6) is 0.306. The Morgan fingerprint density at radius 3 is 2.92 bits per heavy atom. The molecule has 2 aromatic rings. The van der Waals surface area contributed by atoms with E-state index < -0.39 is 0 Å². The van der Waals surface area contributed by atoms with Gasteiger partial charge >= 0.3 is 0 Å². The molecule has 2 rings (SSSR count). The third-order valence-electron chi connectivity index (χ3n) is 2.00. The lowest BCUT2D eigenvalue weighted by molar-refractivity contribution is 0.468. The zero-order chi connectivity index (χ0) is 9.26. The van der Waals surface area contributed by atoms with Gasteiger partial charge in [0.25, 0.3) is 0 Å². The third kappa shape index (κ3) is 1.28. The molecule has 1 aromatic carbocycles. The number of phenolic OH excluding ortho intramolecular Hbond substituents is 1. The summed E-state index contributed by atoms with van der Waals surface area (Å²) in [6.07, 6.45) is 5.14. The molecule has 0 fully saturated rings. The smallest absolute Gasteiger partial charge is 0.142 e. The van der Waals surface area contributed by atoms with Crippen LogP contribution in [0.5, 0.6) is 5.75 Å². The fraction of sp³-hybridized carbons (Fsp3) is 0.100. The van der Waals surface area contributed by atoms with Crippen LogP contribution < -0.4 is 0 Å². The summed E-state index contributed by atoms with van der Waals surface area (Å²) in [5, 5.41) is 9.72. The minimum atomic E-state index is 0.306. The molecule has 0 amide bonds. The fourth-order valence-electron chi connectivity index (χ4n) is 1.25. The fourth-order valence-corrected chi connectivity index (χ4v) is 1.25.